The Bertz CT molecular complexity index is 510. The molecule has 1 heterocycles. The van der Waals surface area contributed by atoms with Crippen molar-refractivity contribution in [2.75, 3.05) is 39.4 Å². The van der Waals surface area contributed by atoms with Crippen molar-refractivity contribution in [3.8, 4) is 11.5 Å². The highest BCUT2D eigenvalue weighted by molar-refractivity contribution is 5.91. The van der Waals surface area contributed by atoms with Crippen molar-refractivity contribution in [3.05, 3.63) is 29.8 Å². The number of rotatable bonds is 5. The van der Waals surface area contributed by atoms with Crippen LogP contribution in [-0.2, 0) is 9.53 Å². The number of benzene rings is 1. The summed E-state index contributed by atoms with van der Waals surface area (Å²) in [5.41, 5.74) is 0.647. The first-order valence-electron chi connectivity index (χ1n) is 6.93. The molecule has 1 aliphatic rings. The summed E-state index contributed by atoms with van der Waals surface area (Å²) in [6.07, 6.45) is 2.99. The van der Waals surface area contributed by atoms with E-state index in [9.17, 15) is 15.0 Å². The summed E-state index contributed by atoms with van der Waals surface area (Å²) >= 11 is 0. The first-order chi connectivity index (χ1) is 10.1. The second-order valence-corrected chi connectivity index (χ2v) is 4.83. The Labute approximate surface area is 123 Å². The summed E-state index contributed by atoms with van der Waals surface area (Å²) in [5.74, 6) is -0.567. The Hall–Kier alpha value is -2.05. The standard InChI is InChI=1S/C15H20N2O4/c18-13-3-1-12(11-14(13)19)2-4-15(20)16-5-6-17-7-9-21-10-8-17/h1-4,11,18-19H,5-10H2,(H,16,20)/b4-2+. The highest BCUT2D eigenvalue weighted by Crippen LogP contribution is 2.25. The highest BCUT2D eigenvalue weighted by Gasteiger charge is 2.09. The van der Waals surface area contributed by atoms with Crippen LogP contribution in [0.15, 0.2) is 24.3 Å². The zero-order valence-corrected chi connectivity index (χ0v) is 11.8. The molecule has 0 atom stereocenters. The van der Waals surface area contributed by atoms with Crippen LogP contribution in [0.3, 0.4) is 0 Å². The lowest BCUT2D eigenvalue weighted by Crippen LogP contribution is -2.41. The summed E-state index contributed by atoms with van der Waals surface area (Å²) in [6, 6.07) is 4.39. The molecule has 0 unspecified atom stereocenters. The lowest BCUT2D eigenvalue weighted by Gasteiger charge is -2.26. The maximum absolute atomic E-state index is 11.7. The van der Waals surface area contributed by atoms with Gasteiger partial charge in [0.25, 0.3) is 0 Å². The predicted molar refractivity (Wildman–Crippen MR) is 79.1 cm³/mol. The van der Waals surface area contributed by atoms with Crippen molar-refractivity contribution in [2.24, 2.45) is 0 Å². The van der Waals surface area contributed by atoms with Gasteiger partial charge >= 0.3 is 0 Å². The molecule has 0 spiro atoms. The van der Waals surface area contributed by atoms with Gasteiger partial charge in [0, 0.05) is 32.3 Å². The molecule has 6 heteroatoms. The van der Waals surface area contributed by atoms with E-state index in [1.54, 1.807) is 12.1 Å². The van der Waals surface area contributed by atoms with E-state index in [-0.39, 0.29) is 17.4 Å². The topological polar surface area (TPSA) is 82.0 Å². The zero-order chi connectivity index (χ0) is 15.1. The van der Waals surface area contributed by atoms with Crippen molar-refractivity contribution >= 4 is 12.0 Å². The van der Waals surface area contributed by atoms with Gasteiger partial charge in [0.05, 0.1) is 13.2 Å². The van der Waals surface area contributed by atoms with Crippen LogP contribution >= 0.6 is 0 Å². The molecule has 0 bridgehead atoms. The van der Waals surface area contributed by atoms with Crippen molar-refractivity contribution in [1.29, 1.82) is 0 Å². The van der Waals surface area contributed by atoms with E-state index < -0.39 is 0 Å². The summed E-state index contributed by atoms with van der Waals surface area (Å²) in [5, 5.41) is 21.4. The van der Waals surface area contributed by atoms with Gasteiger partial charge in [-0.05, 0) is 23.8 Å². The predicted octanol–water partition coefficient (Wildman–Crippen LogP) is 0.559. The lowest BCUT2D eigenvalue weighted by atomic mass is 10.2. The summed E-state index contributed by atoms with van der Waals surface area (Å²) in [7, 11) is 0. The van der Waals surface area contributed by atoms with Crippen molar-refractivity contribution < 1.29 is 19.7 Å². The molecule has 0 aromatic heterocycles. The van der Waals surface area contributed by atoms with E-state index in [4.69, 9.17) is 4.74 Å². The second-order valence-electron chi connectivity index (χ2n) is 4.83. The molecule has 1 aliphatic heterocycles. The lowest BCUT2D eigenvalue weighted by molar-refractivity contribution is -0.116. The van der Waals surface area contributed by atoms with Crippen molar-refractivity contribution in [3.63, 3.8) is 0 Å². The number of aromatic hydroxyl groups is 2. The fourth-order valence-electron chi connectivity index (χ4n) is 2.04. The fraction of sp³-hybridized carbons (Fsp3) is 0.400. The second kappa shape index (κ2) is 7.66. The molecule has 0 radical (unpaired) electrons. The smallest absolute Gasteiger partial charge is 0.244 e. The number of carbonyl (C=O) groups excluding carboxylic acids is 1. The number of morpholine rings is 1. The van der Waals surface area contributed by atoms with E-state index in [1.165, 1.54) is 18.2 Å². The Morgan fingerprint density at radius 1 is 1.29 bits per heavy atom. The molecule has 1 saturated heterocycles. The van der Waals surface area contributed by atoms with Crippen LogP contribution in [0.1, 0.15) is 5.56 Å². The van der Waals surface area contributed by atoms with Gasteiger partial charge in [-0.25, -0.2) is 0 Å². The Morgan fingerprint density at radius 2 is 2.05 bits per heavy atom. The molecular formula is C15H20N2O4. The van der Waals surface area contributed by atoms with Crippen LogP contribution in [0.25, 0.3) is 6.08 Å². The molecule has 1 amide bonds. The molecule has 1 fully saturated rings. The Morgan fingerprint density at radius 3 is 2.76 bits per heavy atom. The number of ether oxygens (including phenoxy) is 1. The largest absolute Gasteiger partial charge is 0.504 e. The number of hydrogen-bond acceptors (Lipinski definition) is 5. The highest BCUT2D eigenvalue weighted by atomic mass is 16.5. The summed E-state index contributed by atoms with van der Waals surface area (Å²) in [6.45, 7) is 4.69. The molecule has 0 saturated carbocycles. The number of phenolic OH excluding ortho intramolecular Hbond substituents is 2. The normalized spacial score (nSPS) is 16.2. The van der Waals surface area contributed by atoms with Gasteiger partial charge in [0.1, 0.15) is 0 Å². The number of phenols is 2. The first kappa shape index (κ1) is 15.3. The minimum absolute atomic E-state index is 0.179. The van der Waals surface area contributed by atoms with Gasteiger partial charge in [-0.2, -0.15) is 0 Å². The number of hydrogen-bond donors (Lipinski definition) is 3. The maximum atomic E-state index is 11.7. The quantitative estimate of drug-likeness (QED) is 0.546. The van der Waals surface area contributed by atoms with Crippen LogP contribution in [0, 0.1) is 0 Å². The average molecular weight is 292 g/mol. The minimum Gasteiger partial charge on any atom is -0.504 e. The third kappa shape index (κ3) is 5.09. The molecule has 114 valence electrons. The number of amides is 1. The SMILES string of the molecule is O=C(/C=C/c1ccc(O)c(O)c1)NCCN1CCOCC1. The van der Waals surface area contributed by atoms with Gasteiger partial charge in [-0.1, -0.05) is 6.07 Å². The van der Waals surface area contributed by atoms with Gasteiger partial charge in [0.15, 0.2) is 11.5 Å². The Kier molecular flexibility index (Phi) is 5.59. The summed E-state index contributed by atoms with van der Waals surface area (Å²) < 4.78 is 5.25. The number of nitrogens with zero attached hydrogens (tertiary/aromatic N) is 1. The maximum Gasteiger partial charge on any atom is 0.244 e. The number of carbonyl (C=O) groups is 1. The number of nitrogens with one attached hydrogen (secondary N) is 1. The van der Waals surface area contributed by atoms with Gasteiger partial charge < -0.3 is 20.3 Å². The van der Waals surface area contributed by atoms with E-state index in [0.29, 0.717) is 12.1 Å². The molecule has 1 aromatic rings. The van der Waals surface area contributed by atoms with E-state index in [0.717, 1.165) is 32.8 Å². The minimum atomic E-state index is -0.204. The van der Waals surface area contributed by atoms with Crippen molar-refractivity contribution in [1.82, 2.24) is 10.2 Å². The van der Waals surface area contributed by atoms with Crippen molar-refractivity contribution in [2.45, 2.75) is 0 Å². The first-order valence-corrected chi connectivity index (χ1v) is 6.93. The molecular weight excluding hydrogens is 272 g/mol. The van der Waals surface area contributed by atoms with E-state index in [2.05, 4.69) is 10.2 Å². The zero-order valence-electron chi connectivity index (χ0n) is 11.8. The molecule has 3 N–H and O–H groups in total. The van der Waals surface area contributed by atoms with Crippen LogP contribution in [0.5, 0.6) is 11.5 Å². The summed E-state index contributed by atoms with van der Waals surface area (Å²) in [4.78, 5) is 13.9. The van der Waals surface area contributed by atoms with Gasteiger partial charge in [0.2, 0.25) is 5.91 Å². The van der Waals surface area contributed by atoms with Crippen LogP contribution in [0.2, 0.25) is 0 Å². The van der Waals surface area contributed by atoms with Crippen LogP contribution in [0.4, 0.5) is 0 Å². The van der Waals surface area contributed by atoms with Gasteiger partial charge in [-0.15, -0.1) is 0 Å². The van der Waals surface area contributed by atoms with Gasteiger partial charge in [-0.3, -0.25) is 9.69 Å². The fourth-order valence-corrected chi connectivity index (χ4v) is 2.04. The van der Waals surface area contributed by atoms with E-state index in [1.807, 2.05) is 0 Å². The average Bonchev–Trinajstić information content (AvgIpc) is 2.49. The van der Waals surface area contributed by atoms with E-state index >= 15 is 0 Å². The molecule has 0 aliphatic carbocycles. The molecule has 6 nitrogen and oxygen atoms in total. The Balaban J connectivity index is 1.73. The third-order valence-electron chi connectivity index (χ3n) is 3.26. The monoisotopic (exact) mass is 292 g/mol. The van der Waals surface area contributed by atoms with Crippen LogP contribution in [-0.4, -0.2) is 60.4 Å². The van der Waals surface area contributed by atoms with Crippen LogP contribution < -0.4 is 5.32 Å². The molecule has 1 aromatic carbocycles. The third-order valence-corrected chi connectivity index (χ3v) is 3.26. The molecule has 21 heavy (non-hydrogen) atoms. The molecule has 2 rings (SSSR count).